The van der Waals surface area contributed by atoms with Gasteiger partial charge in [0.25, 0.3) is 0 Å². The zero-order valence-electron chi connectivity index (χ0n) is 11.7. The number of ketones is 2. The molecule has 2 heteroatoms. The monoisotopic (exact) mass is 276 g/mol. The van der Waals surface area contributed by atoms with Gasteiger partial charge < -0.3 is 0 Å². The Morgan fingerprint density at radius 1 is 0.571 bits per heavy atom. The number of allylic oxidation sites excluding steroid dienone is 2. The molecule has 0 saturated heterocycles. The summed E-state index contributed by atoms with van der Waals surface area (Å²) in [4.78, 5) is 24.2. The fourth-order valence-corrected chi connectivity index (χ4v) is 2.64. The highest BCUT2D eigenvalue weighted by molar-refractivity contribution is 6.28. The van der Waals surface area contributed by atoms with Gasteiger partial charge in [0.2, 0.25) is 0 Å². The zero-order chi connectivity index (χ0) is 14.7. The first-order chi connectivity index (χ1) is 10.3. The molecule has 2 aromatic rings. The first-order valence-corrected chi connectivity index (χ1v) is 7.21. The van der Waals surface area contributed by atoms with Gasteiger partial charge in [-0.25, -0.2) is 0 Å². The predicted molar refractivity (Wildman–Crippen MR) is 82.7 cm³/mol. The van der Waals surface area contributed by atoms with Crippen LogP contribution in [0.2, 0.25) is 0 Å². The van der Waals surface area contributed by atoms with Gasteiger partial charge in [-0.3, -0.25) is 9.59 Å². The van der Waals surface area contributed by atoms with E-state index in [4.69, 9.17) is 0 Å². The number of hydrogen-bond acceptors (Lipinski definition) is 2. The molecule has 2 nitrogen and oxygen atoms in total. The van der Waals surface area contributed by atoms with Crippen molar-refractivity contribution in [1.29, 1.82) is 0 Å². The lowest BCUT2D eigenvalue weighted by Gasteiger charge is -2.16. The molecule has 21 heavy (non-hydrogen) atoms. The maximum absolute atomic E-state index is 12.1. The third kappa shape index (κ3) is 2.57. The summed E-state index contributed by atoms with van der Waals surface area (Å²) in [6, 6.07) is 13.9. The van der Waals surface area contributed by atoms with Crippen LogP contribution in [0.3, 0.4) is 0 Å². The smallest absolute Gasteiger partial charge is 0.194 e. The van der Waals surface area contributed by atoms with Crippen molar-refractivity contribution in [3.05, 3.63) is 82.9 Å². The van der Waals surface area contributed by atoms with E-state index in [0.29, 0.717) is 22.3 Å². The van der Waals surface area contributed by atoms with Crippen LogP contribution in [0, 0.1) is 0 Å². The van der Waals surface area contributed by atoms with E-state index in [9.17, 15) is 9.59 Å². The number of rotatable bonds is 0. The molecule has 0 radical (unpaired) electrons. The van der Waals surface area contributed by atoms with Crippen molar-refractivity contribution in [2.45, 2.75) is 19.3 Å². The van der Waals surface area contributed by atoms with Crippen molar-refractivity contribution in [2.75, 3.05) is 0 Å². The molecule has 104 valence electrons. The summed E-state index contributed by atoms with van der Waals surface area (Å²) in [5.74, 6) is -0.128. The molecule has 0 unspecified atom stereocenters. The van der Waals surface area contributed by atoms with Gasteiger partial charge in [-0.15, -0.1) is 0 Å². The SMILES string of the molecule is C1=CCCC1.O=C1c2ccccc2C(=O)c2ccccc21. The second-order valence-electron chi connectivity index (χ2n) is 5.15. The molecule has 0 fully saturated rings. The van der Waals surface area contributed by atoms with Crippen molar-refractivity contribution in [2.24, 2.45) is 0 Å². The summed E-state index contributed by atoms with van der Waals surface area (Å²) in [5.41, 5.74) is 2.02. The molecule has 2 aliphatic rings. The minimum absolute atomic E-state index is 0.0641. The Morgan fingerprint density at radius 2 is 0.905 bits per heavy atom. The minimum Gasteiger partial charge on any atom is -0.289 e. The lowest BCUT2D eigenvalue weighted by Crippen LogP contribution is -2.20. The molecular weight excluding hydrogens is 260 g/mol. The summed E-state index contributed by atoms with van der Waals surface area (Å²) in [6.07, 6.45) is 8.50. The largest absolute Gasteiger partial charge is 0.289 e. The highest BCUT2D eigenvalue weighted by Gasteiger charge is 2.28. The summed E-state index contributed by atoms with van der Waals surface area (Å²) in [6.45, 7) is 0. The first kappa shape index (κ1) is 13.5. The molecule has 0 aliphatic heterocycles. The molecule has 4 rings (SSSR count). The van der Waals surface area contributed by atoms with Gasteiger partial charge in [0.15, 0.2) is 11.6 Å². The highest BCUT2D eigenvalue weighted by Crippen LogP contribution is 2.26. The van der Waals surface area contributed by atoms with E-state index < -0.39 is 0 Å². The Morgan fingerprint density at radius 3 is 1.14 bits per heavy atom. The van der Waals surface area contributed by atoms with Crippen molar-refractivity contribution in [3.8, 4) is 0 Å². The molecule has 0 saturated carbocycles. The Hall–Kier alpha value is -2.48. The number of fused-ring (bicyclic) bond motifs is 2. The van der Waals surface area contributed by atoms with Gasteiger partial charge in [0.05, 0.1) is 0 Å². The van der Waals surface area contributed by atoms with Gasteiger partial charge in [-0.1, -0.05) is 60.7 Å². The molecular formula is C19H16O2. The highest BCUT2D eigenvalue weighted by atomic mass is 16.1. The molecule has 0 atom stereocenters. The van der Waals surface area contributed by atoms with Crippen LogP contribution < -0.4 is 0 Å². The minimum atomic E-state index is -0.0641. The van der Waals surface area contributed by atoms with Crippen LogP contribution in [0.15, 0.2) is 60.7 Å². The second kappa shape index (κ2) is 5.88. The Kier molecular flexibility index (Phi) is 3.78. The van der Waals surface area contributed by atoms with Gasteiger partial charge in [-0.05, 0) is 19.3 Å². The Labute approximate surface area is 124 Å². The maximum Gasteiger partial charge on any atom is 0.194 e. The average Bonchev–Trinajstić information content (AvgIpc) is 3.12. The summed E-state index contributed by atoms with van der Waals surface area (Å²) < 4.78 is 0. The van der Waals surface area contributed by atoms with Crippen LogP contribution in [-0.2, 0) is 0 Å². The number of carbonyl (C=O) groups excluding carboxylic acids is 2. The van der Waals surface area contributed by atoms with E-state index in [1.165, 1.54) is 19.3 Å². The lowest BCUT2D eigenvalue weighted by atomic mass is 9.84. The molecule has 0 N–H and O–H groups in total. The summed E-state index contributed by atoms with van der Waals surface area (Å²) >= 11 is 0. The molecule has 0 heterocycles. The van der Waals surface area contributed by atoms with Gasteiger partial charge in [0, 0.05) is 22.3 Å². The van der Waals surface area contributed by atoms with Crippen LogP contribution in [0.4, 0.5) is 0 Å². The van der Waals surface area contributed by atoms with Gasteiger partial charge >= 0.3 is 0 Å². The quantitative estimate of drug-likeness (QED) is 0.577. The van der Waals surface area contributed by atoms with Crippen molar-refractivity contribution < 1.29 is 9.59 Å². The van der Waals surface area contributed by atoms with E-state index in [-0.39, 0.29) is 11.6 Å². The van der Waals surface area contributed by atoms with Crippen molar-refractivity contribution in [1.82, 2.24) is 0 Å². The first-order valence-electron chi connectivity index (χ1n) is 7.21. The van der Waals surface area contributed by atoms with E-state index in [2.05, 4.69) is 12.2 Å². The normalized spacial score (nSPS) is 15.0. The topological polar surface area (TPSA) is 34.1 Å². The molecule has 2 aliphatic carbocycles. The molecule has 2 aromatic carbocycles. The lowest BCUT2D eigenvalue weighted by molar-refractivity contribution is 0.0979. The molecule has 0 amide bonds. The summed E-state index contributed by atoms with van der Waals surface area (Å²) in [5, 5.41) is 0. The second-order valence-corrected chi connectivity index (χ2v) is 5.15. The molecule has 0 bridgehead atoms. The maximum atomic E-state index is 12.1. The Balaban J connectivity index is 0.000000225. The third-order valence-corrected chi connectivity index (χ3v) is 3.74. The molecule has 0 spiro atoms. The van der Waals surface area contributed by atoms with Crippen molar-refractivity contribution in [3.63, 3.8) is 0 Å². The Bertz CT molecular complexity index is 614. The van der Waals surface area contributed by atoms with Crippen LogP contribution in [-0.4, -0.2) is 11.6 Å². The van der Waals surface area contributed by atoms with E-state index >= 15 is 0 Å². The van der Waals surface area contributed by atoms with E-state index in [1.807, 2.05) is 0 Å². The predicted octanol–water partition coefficient (Wildman–Crippen LogP) is 4.19. The van der Waals surface area contributed by atoms with E-state index in [1.54, 1.807) is 48.5 Å². The fourth-order valence-electron chi connectivity index (χ4n) is 2.64. The zero-order valence-corrected chi connectivity index (χ0v) is 11.7. The van der Waals surface area contributed by atoms with Crippen LogP contribution in [0.25, 0.3) is 0 Å². The number of benzene rings is 2. The molecule has 0 aromatic heterocycles. The fraction of sp³-hybridized carbons (Fsp3) is 0.158. The average molecular weight is 276 g/mol. The van der Waals surface area contributed by atoms with Crippen LogP contribution in [0.1, 0.15) is 51.1 Å². The van der Waals surface area contributed by atoms with E-state index in [0.717, 1.165) is 0 Å². The van der Waals surface area contributed by atoms with Crippen molar-refractivity contribution >= 4 is 11.6 Å². The number of hydrogen-bond donors (Lipinski definition) is 0. The van der Waals surface area contributed by atoms with Crippen LogP contribution in [0.5, 0.6) is 0 Å². The third-order valence-electron chi connectivity index (χ3n) is 3.74. The number of carbonyl (C=O) groups is 2. The van der Waals surface area contributed by atoms with Gasteiger partial charge in [-0.2, -0.15) is 0 Å². The standard InChI is InChI=1S/C14H8O2.C5H8/c15-13-9-5-1-2-6-10(9)14(16)12-8-4-3-7-11(12)13;1-2-4-5-3-1/h1-8H;1-2H,3-5H2. The summed E-state index contributed by atoms with van der Waals surface area (Å²) in [7, 11) is 0. The van der Waals surface area contributed by atoms with Crippen LogP contribution >= 0.6 is 0 Å². The van der Waals surface area contributed by atoms with Gasteiger partial charge in [0.1, 0.15) is 0 Å².